The molecule has 1 saturated heterocycles. The van der Waals surface area contributed by atoms with E-state index in [2.05, 4.69) is 4.98 Å². The molecule has 18 heavy (non-hydrogen) atoms. The Hall–Kier alpha value is -0.980. The normalized spacial score (nSPS) is 19.0. The van der Waals surface area contributed by atoms with Crippen molar-refractivity contribution in [3.8, 4) is 0 Å². The summed E-state index contributed by atoms with van der Waals surface area (Å²) in [7, 11) is 0. The van der Waals surface area contributed by atoms with Gasteiger partial charge in [0, 0.05) is 12.8 Å². The van der Waals surface area contributed by atoms with Crippen molar-refractivity contribution in [2.45, 2.75) is 32.0 Å². The van der Waals surface area contributed by atoms with E-state index in [4.69, 9.17) is 14.2 Å². The van der Waals surface area contributed by atoms with Crippen LogP contribution in [0.25, 0.3) is 0 Å². The van der Waals surface area contributed by atoms with Gasteiger partial charge in [0.05, 0.1) is 36.1 Å². The number of aromatic nitrogens is 1. The second-order valence-electron chi connectivity index (χ2n) is 4.09. The molecule has 6 heteroatoms. The third-order valence-electron chi connectivity index (χ3n) is 2.64. The van der Waals surface area contributed by atoms with Crippen LogP contribution in [0, 0.1) is 0 Å². The Morgan fingerprint density at radius 2 is 2.56 bits per heavy atom. The minimum absolute atomic E-state index is 0.207. The lowest BCUT2D eigenvalue weighted by atomic mass is 10.2. The molecule has 1 aliphatic rings. The monoisotopic (exact) mass is 271 g/mol. The van der Waals surface area contributed by atoms with Crippen molar-refractivity contribution in [1.82, 2.24) is 4.98 Å². The Bertz CT molecular complexity index is 349. The van der Waals surface area contributed by atoms with Crippen molar-refractivity contribution in [2.75, 3.05) is 19.8 Å². The van der Waals surface area contributed by atoms with Crippen LogP contribution in [0.1, 0.15) is 24.1 Å². The molecular formula is C12H17NO4S. The lowest BCUT2D eigenvalue weighted by Gasteiger charge is -2.09. The highest BCUT2D eigenvalue weighted by Crippen LogP contribution is 2.12. The zero-order valence-electron chi connectivity index (χ0n) is 10.2. The average Bonchev–Trinajstić information content (AvgIpc) is 3.04. The molecule has 1 aromatic heterocycles. The molecule has 1 aromatic rings. The van der Waals surface area contributed by atoms with Crippen LogP contribution in [0.15, 0.2) is 11.7 Å². The summed E-state index contributed by atoms with van der Waals surface area (Å²) < 4.78 is 15.9. The summed E-state index contributed by atoms with van der Waals surface area (Å²) in [5.41, 5.74) is 1.72. The predicted octanol–water partition coefficient (Wildman–Crippen LogP) is 1.77. The number of carbonyl (C=O) groups excluding carboxylic acids is 1. The van der Waals surface area contributed by atoms with E-state index in [1.165, 1.54) is 11.3 Å². The average molecular weight is 271 g/mol. The molecule has 1 fully saturated rings. The molecule has 0 unspecified atom stereocenters. The molecule has 0 saturated carbocycles. The Kier molecular flexibility index (Phi) is 5.57. The maximum Gasteiger partial charge on any atom is 0.308 e. The van der Waals surface area contributed by atoms with Crippen LogP contribution in [-0.4, -0.2) is 36.9 Å². The zero-order valence-corrected chi connectivity index (χ0v) is 11.0. The first-order valence-electron chi connectivity index (χ1n) is 6.07. The quantitative estimate of drug-likeness (QED) is 0.559. The van der Waals surface area contributed by atoms with Crippen molar-refractivity contribution >= 4 is 17.3 Å². The van der Waals surface area contributed by atoms with E-state index in [0.29, 0.717) is 19.8 Å². The summed E-state index contributed by atoms with van der Waals surface area (Å²) in [6, 6.07) is 0. The number of esters is 1. The van der Waals surface area contributed by atoms with Crippen LogP contribution in [0.4, 0.5) is 0 Å². The van der Waals surface area contributed by atoms with Gasteiger partial charge in [-0.05, 0) is 12.8 Å². The summed E-state index contributed by atoms with van der Waals surface area (Å²) >= 11 is 1.47. The van der Waals surface area contributed by atoms with Crippen LogP contribution < -0.4 is 0 Å². The van der Waals surface area contributed by atoms with Gasteiger partial charge in [0.25, 0.3) is 0 Å². The van der Waals surface area contributed by atoms with Crippen LogP contribution in [-0.2, 0) is 25.6 Å². The summed E-state index contributed by atoms with van der Waals surface area (Å²) in [5, 5.41) is 0. The van der Waals surface area contributed by atoms with Crippen LogP contribution in [0.2, 0.25) is 0 Å². The predicted molar refractivity (Wildman–Crippen MR) is 66.3 cm³/mol. The summed E-state index contributed by atoms with van der Waals surface area (Å²) in [4.78, 5) is 16.2. The van der Waals surface area contributed by atoms with Crippen molar-refractivity contribution in [2.24, 2.45) is 0 Å². The van der Waals surface area contributed by atoms with Gasteiger partial charge < -0.3 is 14.2 Å². The molecule has 5 nitrogen and oxygen atoms in total. The van der Waals surface area contributed by atoms with Crippen molar-refractivity contribution < 1.29 is 19.0 Å². The van der Waals surface area contributed by atoms with E-state index >= 15 is 0 Å². The Morgan fingerprint density at radius 3 is 3.28 bits per heavy atom. The maximum atomic E-state index is 11.4. The molecule has 0 radical (unpaired) electrons. The number of rotatable bonds is 7. The van der Waals surface area contributed by atoms with Crippen LogP contribution >= 0.6 is 11.3 Å². The molecular weight excluding hydrogens is 254 g/mol. The number of nitrogens with zero attached hydrogens (tertiary/aromatic N) is 1. The zero-order chi connectivity index (χ0) is 12.6. The number of hydrogen-bond acceptors (Lipinski definition) is 6. The first-order chi connectivity index (χ1) is 8.84. The van der Waals surface area contributed by atoms with Gasteiger partial charge in [-0.3, -0.25) is 9.78 Å². The van der Waals surface area contributed by atoms with Gasteiger partial charge in [-0.25, -0.2) is 0 Å². The standard InChI is InChI=1S/C12H17NO4S/c14-12(17-8-11-6-13-9-18-11)3-5-15-7-10-2-1-4-16-10/h6,9-10H,1-5,7-8H2/t10-/m1/s1. The minimum Gasteiger partial charge on any atom is -0.460 e. The van der Waals surface area contributed by atoms with Crippen molar-refractivity contribution in [3.05, 3.63) is 16.6 Å². The fraction of sp³-hybridized carbons (Fsp3) is 0.667. The molecule has 0 amide bonds. The van der Waals surface area contributed by atoms with Crippen LogP contribution in [0.5, 0.6) is 0 Å². The molecule has 0 N–H and O–H groups in total. The van der Waals surface area contributed by atoms with Crippen molar-refractivity contribution in [3.63, 3.8) is 0 Å². The molecule has 0 bridgehead atoms. The molecule has 0 aliphatic carbocycles. The lowest BCUT2D eigenvalue weighted by Crippen LogP contribution is -2.16. The molecule has 100 valence electrons. The highest BCUT2D eigenvalue weighted by molar-refractivity contribution is 7.09. The fourth-order valence-electron chi connectivity index (χ4n) is 1.68. The van der Waals surface area contributed by atoms with Gasteiger partial charge >= 0.3 is 5.97 Å². The number of hydrogen-bond donors (Lipinski definition) is 0. The fourth-order valence-corrected chi connectivity index (χ4v) is 2.19. The Balaban J connectivity index is 1.49. The number of thiazole rings is 1. The van der Waals surface area contributed by atoms with E-state index in [9.17, 15) is 4.79 Å². The highest BCUT2D eigenvalue weighted by Gasteiger charge is 2.15. The van der Waals surface area contributed by atoms with Gasteiger partial charge in [0.2, 0.25) is 0 Å². The molecule has 1 aliphatic heterocycles. The summed E-state index contributed by atoms with van der Waals surface area (Å²) in [5.74, 6) is -0.240. The van der Waals surface area contributed by atoms with E-state index in [1.807, 2.05) is 0 Å². The van der Waals surface area contributed by atoms with Gasteiger partial charge in [-0.15, -0.1) is 11.3 Å². The third kappa shape index (κ3) is 4.72. The lowest BCUT2D eigenvalue weighted by molar-refractivity contribution is -0.146. The Morgan fingerprint density at radius 1 is 1.61 bits per heavy atom. The smallest absolute Gasteiger partial charge is 0.308 e. The first kappa shape index (κ1) is 13.5. The van der Waals surface area contributed by atoms with E-state index < -0.39 is 0 Å². The maximum absolute atomic E-state index is 11.4. The van der Waals surface area contributed by atoms with Gasteiger partial charge in [0.15, 0.2) is 0 Å². The van der Waals surface area contributed by atoms with E-state index in [-0.39, 0.29) is 18.5 Å². The van der Waals surface area contributed by atoms with Crippen LogP contribution in [0.3, 0.4) is 0 Å². The van der Waals surface area contributed by atoms with Crippen molar-refractivity contribution in [1.29, 1.82) is 0 Å². The van der Waals surface area contributed by atoms with Gasteiger partial charge in [-0.1, -0.05) is 0 Å². The molecule has 0 aromatic carbocycles. The topological polar surface area (TPSA) is 57.7 Å². The van der Waals surface area contributed by atoms with E-state index in [0.717, 1.165) is 24.3 Å². The number of carbonyl (C=O) groups is 1. The summed E-state index contributed by atoms with van der Waals surface area (Å²) in [6.45, 7) is 2.09. The second kappa shape index (κ2) is 7.45. The first-order valence-corrected chi connectivity index (χ1v) is 6.95. The molecule has 2 heterocycles. The molecule has 2 rings (SSSR count). The van der Waals surface area contributed by atoms with Gasteiger partial charge in [-0.2, -0.15) is 0 Å². The highest BCUT2D eigenvalue weighted by atomic mass is 32.1. The third-order valence-corrected chi connectivity index (χ3v) is 3.39. The largest absolute Gasteiger partial charge is 0.460 e. The second-order valence-corrected chi connectivity index (χ2v) is 5.06. The molecule has 0 spiro atoms. The van der Waals surface area contributed by atoms with Gasteiger partial charge in [0.1, 0.15) is 6.61 Å². The number of ether oxygens (including phenoxy) is 3. The molecule has 1 atom stereocenters. The SMILES string of the molecule is O=C(CCOC[C@H]1CCCO1)OCc1cncs1. The minimum atomic E-state index is -0.240. The summed E-state index contributed by atoms with van der Waals surface area (Å²) in [6.07, 6.45) is 4.34. The van der Waals surface area contributed by atoms with E-state index in [1.54, 1.807) is 11.7 Å². The Labute approximate surface area is 110 Å².